The first-order valence-corrected chi connectivity index (χ1v) is 10.7. The van der Waals surface area contributed by atoms with E-state index in [-0.39, 0.29) is 0 Å². The molecule has 150 valence electrons. The third-order valence-electron chi connectivity index (χ3n) is 6.24. The van der Waals surface area contributed by atoms with E-state index in [0.717, 1.165) is 16.7 Å². The first-order valence-electron chi connectivity index (χ1n) is 10.7. The van der Waals surface area contributed by atoms with Crippen LogP contribution in [0.5, 0.6) is 0 Å². The number of rotatable bonds is 2. The molecule has 0 atom stereocenters. The average molecular weight is 410 g/mol. The topological polar surface area (TPSA) is 35.6 Å². The molecule has 0 aliphatic carbocycles. The molecule has 0 aliphatic rings. The molecule has 0 radical (unpaired) electrons. The summed E-state index contributed by atoms with van der Waals surface area (Å²) in [5, 5.41) is 4.90. The summed E-state index contributed by atoms with van der Waals surface area (Å²) >= 11 is 0. The lowest BCUT2D eigenvalue weighted by Gasteiger charge is -2.09. The van der Waals surface area contributed by atoms with Crippen molar-refractivity contribution in [1.29, 1.82) is 0 Å². The molecule has 4 aromatic carbocycles. The molecule has 4 heteroatoms. The zero-order valence-electron chi connectivity index (χ0n) is 17.2. The summed E-state index contributed by atoms with van der Waals surface area (Å²) in [6, 6.07) is 34.0. The number of aromatic nitrogens is 4. The minimum absolute atomic E-state index is 0.681. The van der Waals surface area contributed by atoms with Gasteiger partial charge in [-0.1, -0.05) is 60.7 Å². The van der Waals surface area contributed by atoms with Crippen LogP contribution in [-0.4, -0.2) is 19.1 Å². The molecule has 0 saturated carbocycles. The van der Waals surface area contributed by atoms with E-state index in [2.05, 4.69) is 110 Å². The third-order valence-corrected chi connectivity index (χ3v) is 6.24. The number of para-hydroxylation sites is 3. The van der Waals surface area contributed by atoms with E-state index in [1.165, 1.54) is 32.6 Å². The van der Waals surface area contributed by atoms with Crippen LogP contribution in [0.3, 0.4) is 0 Å². The van der Waals surface area contributed by atoms with Crippen molar-refractivity contribution in [3.05, 3.63) is 109 Å². The van der Waals surface area contributed by atoms with E-state index >= 15 is 0 Å². The van der Waals surface area contributed by atoms with E-state index in [4.69, 9.17) is 0 Å². The largest absolute Gasteiger partial charge is 0.309 e. The maximum Gasteiger partial charge on any atom is 0.234 e. The van der Waals surface area contributed by atoms with Crippen LogP contribution >= 0.6 is 0 Å². The molecule has 0 bridgehead atoms. The van der Waals surface area contributed by atoms with Crippen molar-refractivity contribution in [3.8, 4) is 11.6 Å². The van der Waals surface area contributed by atoms with Crippen molar-refractivity contribution in [1.82, 2.24) is 19.1 Å². The molecule has 32 heavy (non-hydrogen) atoms. The first-order chi connectivity index (χ1) is 15.9. The molecule has 0 unspecified atom stereocenters. The Balaban J connectivity index is 1.77. The molecule has 0 N–H and O–H groups in total. The van der Waals surface area contributed by atoms with Gasteiger partial charge in [-0.3, -0.25) is 4.57 Å². The molecule has 7 rings (SSSR count). The van der Waals surface area contributed by atoms with Crippen molar-refractivity contribution < 1.29 is 0 Å². The molecule has 7 aromatic rings. The van der Waals surface area contributed by atoms with Crippen LogP contribution in [0.2, 0.25) is 0 Å². The maximum atomic E-state index is 4.57. The van der Waals surface area contributed by atoms with Gasteiger partial charge in [0, 0.05) is 39.6 Å². The lowest BCUT2D eigenvalue weighted by molar-refractivity contribution is 0.988. The van der Waals surface area contributed by atoms with Gasteiger partial charge in [0.05, 0.1) is 22.1 Å². The van der Waals surface area contributed by atoms with Gasteiger partial charge in [-0.05, 0) is 36.4 Å². The molecule has 4 nitrogen and oxygen atoms in total. The van der Waals surface area contributed by atoms with Crippen molar-refractivity contribution >= 4 is 43.6 Å². The lowest BCUT2D eigenvalue weighted by Crippen LogP contribution is -1.99. The number of benzene rings is 4. The molecule has 3 aromatic heterocycles. The van der Waals surface area contributed by atoms with Gasteiger partial charge in [-0.25, -0.2) is 9.97 Å². The Bertz CT molecular complexity index is 1760. The van der Waals surface area contributed by atoms with Crippen LogP contribution < -0.4 is 0 Å². The highest BCUT2D eigenvalue weighted by molar-refractivity contribution is 6.26. The summed E-state index contributed by atoms with van der Waals surface area (Å²) in [5.41, 5.74) is 5.77. The predicted molar refractivity (Wildman–Crippen MR) is 131 cm³/mol. The minimum atomic E-state index is 0.681. The number of nitrogens with zero attached hydrogens (tertiary/aromatic N) is 4. The molecule has 0 aliphatic heterocycles. The molecule has 0 spiro atoms. The standard InChI is InChI=1S/C28H18N4/c1-2-9-19(10-3-1)31-23-13-6-4-11-20(23)21-15-16-25-26(27(21)31)22-12-5-7-14-24(22)32(25)28-29-17-8-18-30-28/h1-18H. The zero-order chi connectivity index (χ0) is 21.1. The van der Waals surface area contributed by atoms with Crippen molar-refractivity contribution in [2.45, 2.75) is 0 Å². The Morgan fingerprint density at radius 1 is 0.469 bits per heavy atom. The fraction of sp³-hybridized carbons (Fsp3) is 0. The van der Waals surface area contributed by atoms with Crippen LogP contribution in [0.1, 0.15) is 0 Å². The van der Waals surface area contributed by atoms with Crippen LogP contribution in [0.15, 0.2) is 109 Å². The van der Waals surface area contributed by atoms with E-state index < -0.39 is 0 Å². The molecule has 0 amide bonds. The second-order valence-corrected chi connectivity index (χ2v) is 7.95. The van der Waals surface area contributed by atoms with Crippen molar-refractivity contribution in [3.63, 3.8) is 0 Å². The Labute approximate surface area is 184 Å². The van der Waals surface area contributed by atoms with E-state index in [1.54, 1.807) is 12.4 Å². The highest BCUT2D eigenvalue weighted by Crippen LogP contribution is 2.41. The van der Waals surface area contributed by atoms with Crippen LogP contribution in [0.25, 0.3) is 55.2 Å². The summed E-state index contributed by atoms with van der Waals surface area (Å²) in [5.74, 6) is 0.681. The van der Waals surface area contributed by atoms with Gasteiger partial charge < -0.3 is 4.57 Å². The normalized spacial score (nSPS) is 11.8. The molecule has 3 heterocycles. The molecular formula is C28H18N4. The van der Waals surface area contributed by atoms with Crippen LogP contribution in [-0.2, 0) is 0 Å². The molecule has 0 saturated heterocycles. The van der Waals surface area contributed by atoms with E-state index in [9.17, 15) is 0 Å². The Hall–Kier alpha value is -4.44. The summed E-state index contributed by atoms with van der Waals surface area (Å²) in [4.78, 5) is 9.14. The third kappa shape index (κ3) is 2.26. The fourth-order valence-electron chi connectivity index (χ4n) is 4.98. The van der Waals surface area contributed by atoms with Gasteiger partial charge in [-0.15, -0.1) is 0 Å². The van der Waals surface area contributed by atoms with Gasteiger partial charge in [0.25, 0.3) is 0 Å². The van der Waals surface area contributed by atoms with E-state index in [1.807, 2.05) is 6.07 Å². The monoisotopic (exact) mass is 410 g/mol. The zero-order valence-corrected chi connectivity index (χ0v) is 17.2. The highest BCUT2D eigenvalue weighted by Gasteiger charge is 2.20. The second-order valence-electron chi connectivity index (χ2n) is 7.95. The predicted octanol–water partition coefficient (Wildman–Crippen LogP) is 6.67. The summed E-state index contributed by atoms with van der Waals surface area (Å²) < 4.78 is 4.55. The lowest BCUT2D eigenvalue weighted by atomic mass is 10.1. The van der Waals surface area contributed by atoms with Gasteiger partial charge in [0.2, 0.25) is 5.95 Å². The first kappa shape index (κ1) is 17.3. The summed E-state index contributed by atoms with van der Waals surface area (Å²) in [6.45, 7) is 0. The van der Waals surface area contributed by atoms with Gasteiger partial charge in [0.1, 0.15) is 0 Å². The SMILES string of the molecule is c1ccc(-n2c3ccccc3c3ccc4c(c5ccccc5n4-c4ncccn4)c32)cc1. The van der Waals surface area contributed by atoms with Crippen molar-refractivity contribution in [2.24, 2.45) is 0 Å². The van der Waals surface area contributed by atoms with Gasteiger partial charge in [-0.2, -0.15) is 0 Å². The summed E-state index contributed by atoms with van der Waals surface area (Å²) in [7, 11) is 0. The Morgan fingerprint density at radius 2 is 1.12 bits per heavy atom. The van der Waals surface area contributed by atoms with Gasteiger partial charge >= 0.3 is 0 Å². The van der Waals surface area contributed by atoms with Gasteiger partial charge in [0.15, 0.2) is 0 Å². The number of hydrogen-bond acceptors (Lipinski definition) is 2. The smallest absolute Gasteiger partial charge is 0.234 e. The second kappa shape index (κ2) is 6.53. The number of fused-ring (bicyclic) bond motifs is 7. The average Bonchev–Trinajstić information content (AvgIpc) is 3.38. The van der Waals surface area contributed by atoms with E-state index in [0.29, 0.717) is 5.95 Å². The molecular weight excluding hydrogens is 392 g/mol. The Morgan fingerprint density at radius 3 is 1.91 bits per heavy atom. The van der Waals surface area contributed by atoms with Crippen LogP contribution in [0, 0.1) is 0 Å². The summed E-state index contributed by atoms with van der Waals surface area (Å²) in [6.07, 6.45) is 3.59. The quantitative estimate of drug-likeness (QED) is 0.319. The van der Waals surface area contributed by atoms with Crippen LogP contribution in [0.4, 0.5) is 0 Å². The number of hydrogen-bond donors (Lipinski definition) is 0. The fourth-order valence-corrected chi connectivity index (χ4v) is 4.98. The van der Waals surface area contributed by atoms with Crippen molar-refractivity contribution in [2.75, 3.05) is 0 Å². The maximum absolute atomic E-state index is 4.57. The minimum Gasteiger partial charge on any atom is -0.309 e. The highest BCUT2D eigenvalue weighted by atomic mass is 15.1. The molecule has 0 fully saturated rings. The Kier molecular flexibility index (Phi) is 3.52.